The molecule has 2 aromatic rings. The minimum absolute atomic E-state index is 0.181. The molecule has 0 radical (unpaired) electrons. The van der Waals surface area contributed by atoms with Crippen molar-refractivity contribution in [2.24, 2.45) is 0 Å². The molecule has 3 rings (SSSR count). The molecule has 0 spiro atoms. The van der Waals surface area contributed by atoms with Crippen LogP contribution in [0, 0.1) is 0 Å². The maximum atomic E-state index is 12.5. The zero-order chi connectivity index (χ0) is 18.0. The fraction of sp³-hybridized carbons (Fsp3) is 0.200. The summed E-state index contributed by atoms with van der Waals surface area (Å²) in [6.07, 6.45) is 2.19. The number of fused-ring (bicyclic) bond motifs is 1. The number of hydrogen-bond donors (Lipinski definition) is 0. The Labute approximate surface area is 146 Å². The standard InChI is InChI=1S/C20H19NO4/c1-4-13-5-7-14(8-6-13)11-18-19(22)16-10-9-15(12-17(16)25-18)24-20(23)21(2)3/h5-12H,4H2,1-3H3/b18-11+. The molecule has 0 fully saturated rings. The summed E-state index contributed by atoms with van der Waals surface area (Å²) >= 11 is 0. The van der Waals surface area contributed by atoms with E-state index in [1.807, 2.05) is 24.3 Å². The summed E-state index contributed by atoms with van der Waals surface area (Å²) in [4.78, 5) is 25.4. The lowest BCUT2D eigenvalue weighted by molar-refractivity contribution is 0.101. The van der Waals surface area contributed by atoms with Crippen molar-refractivity contribution < 1.29 is 19.1 Å². The first-order valence-corrected chi connectivity index (χ1v) is 8.04. The van der Waals surface area contributed by atoms with Gasteiger partial charge < -0.3 is 14.4 Å². The van der Waals surface area contributed by atoms with E-state index in [2.05, 4.69) is 6.92 Å². The van der Waals surface area contributed by atoms with Gasteiger partial charge >= 0.3 is 6.09 Å². The van der Waals surface area contributed by atoms with Gasteiger partial charge in [-0.1, -0.05) is 31.2 Å². The van der Waals surface area contributed by atoms with Crippen molar-refractivity contribution in [3.05, 3.63) is 64.9 Å². The van der Waals surface area contributed by atoms with Crippen LogP contribution < -0.4 is 9.47 Å². The Balaban J connectivity index is 1.82. The number of amides is 1. The van der Waals surface area contributed by atoms with Gasteiger partial charge in [-0.3, -0.25) is 4.79 Å². The molecule has 5 nitrogen and oxygen atoms in total. The molecule has 25 heavy (non-hydrogen) atoms. The van der Waals surface area contributed by atoms with Crippen molar-refractivity contribution in [2.45, 2.75) is 13.3 Å². The van der Waals surface area contributed by atoms with Crippen LogP contribution in [0.4, 0.5) is 4.79 Å². The SMILES string of the molecule is CCc1ccc(/C=C2/Oc3cc(OC(=O)N(C)C)ccc3C2=O)cc1. The lowest BCUT2D eigenvalue weighted by atomic mass is 10.1. The highest BCUT2D eigenvalue weighted by molar-refractivity contribution is 6.14. The van der Waals surface area contributed by atoms with Crippen LogP contribution in [0.15, 0.2) is 48.2 Å². The Kier molecular flexibility index (Phi) is 4.57. The van der Waals surface area contributed by atoms with Gasteiger partial charge in [0.05, 0.1) is 5.56 Å². The average Bonchev–Trinajstić information content (AvgIpc) is 2.91. The summed E-state index contributed by atoms with van der Waals surface area (Å²) in [5, 5.41) is 0. The number of hydrogen-bond acceptors (Lipinski definition) is 4. The van der Waals surface area contributed by atoms with Gasteiger partial charge in [0.2, 0.25) is 5.78 Å². The van der Waals surface area contributed by atoms with E-state index in [1.54, 1.807) is 38.4 Å². The minimum Gasteiger partial charge on any atom is -0.452 e. The summed E-state index contributed by atoms with van der Waals surface area (Å²) < 4.78 is 10.9. The summed E-state index contributed by atoms with van der Waals surface area (Å²) in [5.41, 5.74) is 2.59. The first-order chi connectivity index (χ1) is 12.0. The Morgan fingerprint density at radius 3 is 2.52 bits per heavy atom. The molecule has 0 saturated heterocycles. The van der Waals surface area contributed by atoms with Crippen molar-refractivity contribution in [3.63, 3.8) is 0 Å². The fourth-order valence-corrected chi connectivity index (χ4v) is 2.42. The predicted molar refractivity (Wildman–Crippen MR) is 94.9 cm³/mol. The Hall–Kier alpha value is -3.08. The molecule has 0 N–H and O–H groups in total. The number of Topliss-reactive ketones (excluding diaryl/α,β-unsaturated/α-hetero) is 1. The maximum Gasteiger partial charge on any atom is 0.414 e. The number of allylic oxidation sites excluding steroid dienone is 1. The number of aryl methyl sites for hydroxylation is 1. The highest BCUT2D eigenvalue weighted by atomic mass is 16.6. The third-order valence-corrected chi connectivity index (χ3v) is 3.90. The summed E-state index contributed by atoms with van der Waals surface area (Å²) in [5.74, 6) is 0.805. The molecule has 1 aliphatic rings. The number of carbonyl (C=O) groups is 2. The second kappa shape index (κ2) is 6.81. The smallest absolute Gasteiger partial charge is 0.414 e. The summed E-state index contributed by atoms with van der Waals surface area (Å²) in [6, 6.07) is 12.7. The zero-order valence-electron chi connectivity index (χ0n) is 14.4. The van der Waals surface area contributed by atoms with Gasteiger partial charge in [0.15, 0.2) is 5.76 Å². The molecule has 5 heteroatoms. The van der Waals surface area contributed by atoms with Crippen LogP contribution in [0.3, 0.4) is 0 Å². The lowest BCUT2D eigenvalue weighted by Crippen LogP contribution is -2.25. The highest BCUT2D eigenvalue weighted by Gasteiger charge is 2.28. The molecular weight excluding hydrogens is 318 g/mol. The summed E-state index contributed by atoms with van der Waals surface area (Å²) in [6.45, 7) is 2.09. The van der Waals surface area contributed by atoms with E-state index < -0.39 is 6.09 Å². The topological polar surface area (TPSA) is 55.8 Å². The number of rotatable bonds is 3. The minimum atomic E-state index is -0.490. The quantitative estimate of drug-likeness (QED) is 0.797. The molecule has 1 aliphatic heterocycles. The van der Waals surface area contributed by atoms with E-state index in [4.69, 9.17) is 9.47 Å². The van der Waals surface area contributed by atoms with E-state index in [0.29, 0.717) is 17.1 Å². The van der Waals surface area contributed by atoms with Crippen molar-refractivity contribution in [3.8, 4) is 11.5 Å². The van der Waals surface area contributed by atoms with E-state index in [1.165, 1.54) is 10.5 Å². The van der Waals surface area contributed by atoms with Gasteiger partial charge in [-0.25, -0.2) is 4.79 Å². The zero-order valence-corrected chi connectivity index (χ0v) is 14.4. The van der Waals surface area contributed by atoms with Gasteiger partial charge in [-0.05, 0) is 35.8 Å². The third kappa shape index (κ3) is 3.55. The molecule has 2 aromatic carbocycles. The Morgan fingerprint density at radius 2 is 1.88 bits per heavy atom. The van der Waals surface area contributed by atoms with Crippen molar-refractivity contribution in [1.82, 2.24) is 4.90 Å². The van der Waals surface area contributed by atoms with Crippen LogP contribution >= 0.6 is 0 Å². The van der Waals surface area contributed by atoms with Crippen molar-refractivity contribution >= 4 is 18.0 Å². The number of nitrogens with zero attached hydrogens (tertiary/aromatic N) is 1. The molecule has 1 heterocycles. The molecule has 0 unspecified atom stereocenters. The maximum absolute atomic E-state index is 12.5. The molecule has 0 aromatic heterocycles. The van der Waals surface area contributed by atoms with E-state index in [9.17, 15) is 9.59 Å². The predicted octanol–water partition coefficient (Wildman–Crippen LogP) is 3.93. The average molecular weight is 337 g/mol. The first-order valence-electron chi connectivity index (χ1n) is 8.04. The van der Waals surface area contributed by atoms with Gasteiger partial charge in [0.25, 0.3) is 0 Å². The molecule has 1 amide bonds. The van der Waals surface area contributed by atoms with Crippen molar-refractivity contribution in [2.75, 3.05) is 14.1 Å². The second-order valence-corrected chi connectivity index (χ2v) is 5.96. The third-order valence-electron chi connectivity index (χ3n) is 3.90. The number of benzene rings is 2. The second-order valence-electron chi connectivity index (χ2n) is 5.96. The number of ether oxygens (including phenoxy) is 2. The van der Waals surface area contributed by atoms with Gasteiger partial charge in [-0.2, -0.15) is 0 Å². The van der Waals surface area contributed by atoms with Crippen LogP contribution in [-0.2, 0) is 6.42 Å². The molecule has 0 saturated carbocycles. The molecule has 0 atom stereocenters. The van der Waals surface area contributed by atoms with E-state index in [-0.39, 0.29) is 11.5 Å². The van der Waals surface area contributed by atoms with Crippen LogP contribution in [0.1, 0.15) is 28.4 Å². The number of carbonyl (C=O) groups excluding carboxylic acids is 2. The van der Waals surface area contributed by atoms with E-state index in [0.717, 1.165) is 12.0 Å². The molecule has 128 valence electrons. The van der Waals surface area contributed by atoms with Crippen LogP contribution in [0.25, 0.3) is 6.08 Å². The van der Waals surface area contributed by atoms with Crippen LogP contribution in [0.2, 0.25) is 0 Å². The molecular formula is C20H19NO4. The largest absolute Gasteiger partial charge is 0.452 e. The highest BCUT2D eigenvalue weighted by Crippen LogP contribution is 2.35. The fourth-order valence-electron chi connectivity index (χ4n) is 2.42. The van der Waals surface area contributed by atoms with Gasteiger partial charge in [0.1, 0.15) is 11.5 Å². The Morgan fingerprint density at radius 1 is 1.16 bits per heavy atom. The molecule has 0 bridgehead atoms. The normalized spacial score (nSPS) is 14.2. The van der Waals surface area contributed by atoms with Crippen LogP contribution in [0.5, 0.6) is 11.5 Å². The Bertz CT molecular complexity index is 850. The monoisotopic (exact) mass is 337 g/mol. The van der Waals surface area contributed by atoms with E-state index >= 15 is 0 Å². The molecule has 0 aliphatic carbocycles. The van der Waals surface area contributed by atoms with Crippen LogP contribution in [-0.4, -0.2) is 30.9 Å². The summed E-state index contributed by atoms with van der Waals surface area (Å²) in [7, 11) is 3.20. The first kappa shape index (κ1) is 16.8. The number of ketones is 1. The lowest BCUT2D eigenvalue weighted by Gasteiger charge is -2.10. The van der Waals surface area contributed by atoms with Crippen molar-refractivity contribution in [1.29, 1.82) is 0 Å². The van der Waals surface area contributed by atoms with Gasteiger partial charge in [-0.15, -0.1) is 0 Å². The van der Waals surface area contributed by atoms with Gasteiger partial charge in [0, 0.05) is 20.2 Å².